The van der Waals surface area contributed by atoms with Gasteiger partial charge in [-0.15, -0.1) is 0 Å². The Hall–Kier alpha value is -0.380. The van der Waals surface area contributed by atoms with Gasteiger partial charge >= 0.3 is 0 Å². The van der Waals surface area contributed by atoms with Gasteiger partial charge in [0.05, 0.1) is 7.11 Å². The highest BCUT2D eigenvalue weighted by Crippen LogP contribution is 2.24. The topological polar surface area (TPSA) is 35.2 Å². The van der Waals surface area contributed by atoms with E-state index in [0.717, 1.165) is 16.9 Å². The Balaban J connectivity index is 3.07. The van der Waals surface area contributed by atoms with Crippen molar-refractivity contribution in [3.63, 3.8) is 0 Å². The highest BCUT2D eigenvalue weighted by atomic mass is 127. The molecule has 0 amide bonds. The van der Waals surface area contributed by atoms with Crippen LogP contribution in [0.15, 0.2) is 18.2 Å². The lowest BCUT2D eigenvalue weighted by Gasteiger charge is -2.11. The molecule has 15 heavy (non-hydrogen) atoms. The monoisotopic (exact) mass is 333 g/mol. The van der Waals surface area contributed by atoms with Crippen LogP contribution >= 0.6 is 30.1 Å². The fraction of sp³-hybridized carbons (Fsp3) is 0.273. The highest BCUT2D eigenvalue weighted by molar-refractivity contribution is 14.2. The minimum atomic E-state index is -0.0269. The van der Waals surface area contributed by atoms with Crippen LogP contribution in [0.5, 0.6) is 5.75 Å². The summed E-state index contributed by atoms with van der Waals surface area (Å²) in [5.41, 5.74) is 7.77. The number of hydrogen-bond acceptors (Lipinski definition) is 3. The average Bonchev–Trinajstić information content (AvgIpc) is 2.25. The Labute approximate surface area is 107 Å². The summed E-state index contributed by atoms with van der Waals surface area (Å²) in [6.07, 6.45) is 0. The van der Waals surface area contributed by atoms with Gasteiger partial charge in [0.15, 0.2) is 0 Å². The maximum Gasteiger partial charge on any atom is 0.124 e. The number of benzene rings is 1. The van der Waals surface area contributed by atoms with E-state index in [1.807, 2.05) is 25.1 Å². The summed E-state index contributed by atoms with van der Waals surface area (Å²) in [4.78, 5) is 0. The molecule has 2 nitrogen and oxygen atoms in total. The molecule has 0 heterocycles. The van der Waals surface area contributed by atoms with Gasteiger partial charge in [-0.3, -0.25) is 0 Å². The summed E-state index contributed by atoms with van der Waals surface area (Å²) in [5.74, 6) is 3.82. The van der Waals surface area contributed by atoms with Gasteiger partial charge in [-0.1, -0.05) is 12.0 Å². The number of halogens is 1. The van der Waals surface area contributed by atoms with Crippen LogP contribution in [-0.2, 0) is 0 Å². The van der Waals surface area contributed by atoms with Gasteiger partial charge in [0, 0.05) is 38.4 Å². The maximum absolute atomic E-state index is 5.82. The van der Waals surface area contributed by atoms with Gasteiger partial charge in [0.1, 0.15) is 5.75 Å². The normalized spacial score (nSPS) is 11.5. The summed E-state index contributed by atoms with van der Waals surface area (Å²) in [7, 11) is 3.11. The lowest BCUT2D eigenvalue weighted by Crippen LogP contribution is -2.06. The van der Waals surface area contributed by atoms with E-state index in [4.69, 9.17) is 10.5 Å². The van der Waals surface area contributed by atoms with Crippen LogP contribution in [0.1, 0.15) is 24.1 Å². The quantitative estimate of drug-likeness (QED) is 0.667. The van der Waals surface area contributed by atoms with Crippen molar-refractivity contribution in [2.75, 3.05) is 7.11 Å². The number of methoxy groups -OCH3 is 1. The van der Waals surface area contributed by atoms with Crippen molar-refractivity contribution in [2.24, 2.45) is 5.73 Å². The molecule has 0 aliphatic carbocycles. The van der Waals surface area contributed by atoms with E-state index in [1.165, 1.54) is 8.93 Å². The first-order chi connectivity index (χ1) is 7.19. The second kappa shape index (κ2) is 6.26. The van der Waals surface area contributed by atoms with Gasteiger partial charge in [-0.25, -0.2) is 0 Å². The number of hydrogen-bond donors (Lipinski definition) is 1. The van der Waals surface area contributed by atoms with Gasteiger partial charge < -0.3 is 10.5 Å². The maximum atomic E-state index is 5.82. The van der Waals surface area contributed by atoms with E-state index in [9.17, 15) is 0 Å². The number of ether oxygens (including phenoxy) is 1. The molecule has 0 saturated heterocycles. The van der Waals surface area contributed by atoms with Crippen molar-refractivity contribution in [1.82, 2.24) is 0 Å². The molecule has 0 fully saturated rings. The largest absolute Gasteiger partial charge is 0.496 e. The van der Waals surface area contributed by atoms with Crippen LogP contribution in [0, 0.1) is 11.2 Å². The van der Waals surface area contributed by atoms with E-state index in [2.05, 4.69) is 32.4 Å². The van der Waals surface area contributed by atoms with Crippen LogP contribution in [0.2, 0.25) is 0 Å². The molecular formula is C11H12INOS. The van der Waals surface area contributed by atoms with E-state index in [1.54, 1.807) is 7.11 Å². The molecule has 2 N–H and O–H groups in total. The minimum absolute atomic E-state index is 0.0269. The van der Waals surface area contributed by atoms with Crippen LogP contribution in [-0.4, -0.2) is 7.11 Å². The zero-order valence-corrected chi connectivity index (χ0v) is 11.6. The van der Waals surface area contributed by atoms with Crippen molar-refractivity contribution in [3.8, 4) is 16.9 Å². The smallest absolute Gasteiger partial charge is 0.124 e. The molecule has 0 aliphatic heterocycles. The molecule has 0 bridgehead atoms. The SMILES string of the molecule is COc1cc(C#CSI)ccc1C(C)N. The molecule has 1 unspecified atom stereocenters. The molecule has 1 aromatic rings. The van der Waals surface area contributed by atoms with Crippen molar-refractivity contribution >= 4 is 30.1 Å². The van der Waals surface area contributed by atoms with Crippen LogP contribution in [0.4, 0.5) is 0 Å². The Kier molecular flexibility index (Phi) is 5.29. The van der Waals surface area contributed by atoms with Crippen molar-refractivity contribution in [3.05, 3.63) is 29.3 Å². The molecule has 0 aromatic heterocycles. The average molecular weight is 333 g/mol. The number of rotatable bonds is 2. The Bertz CT molecular complexity index is 395. The summed E-state index contributed by atoms with van der Waals surface area (Å²) >= 11 is 2.14. The van der Waals surface area contributed by atoms with Gasteiger partial charge in [0.25, 0.3) is 0 Å². The zero-order valence-electron chi connectivity index (χ0n) is 8.58. The molecule has 1 aromatic carbocycles. The molecule has 80 valence electrons. The Morgan fingerprint density at radius 1 is 1.53 bits per heavy atom. The predicted molar refractivity (Wildman–Crippen MR) is 74.1 cm³/mol. The summed E-state index contributed by atoms with van der Waals surface area (Å²) in [5, 5.41) is 2.93. The van der Waals surface area contributed by atoms with E-state index < -0.39 is 0 Å². The third kappa shape index (κ3) is 3.59. The van der Waals surface area contributed by atoms with Crippen LogP contribution < -0.4 is 10.5 Å². The summed E-state index contributed by atoms with van der Waals surface area (Å²) in [6.45, 7) is 1.93. The van der Waals surface area contributed by atoms with Crippen molar-refractivity contribution in [1.29, 1.82) is 0 Å². The molecule has 0 saturated carbocycles. The lowest BCUT2D eigenvalue weighted by atomic mass is 10.1. The van der Waals surface area contributed by atoms with Gasteiger partial charge in [-0.2, -0.15) is 0 Å². The lowest BCUT2D eigenvalue weighted by molar-refractivity contribution is 0.407. The van der Waals surface area contributed by atoms with E-state index >= 15 is 0 Å². The molecule has 0 spiro atoms. The molecule has 4 heteroatoms. The summed E-state index contributed by atoms with van der Waals surface area (Å²) in [6, 6.07) is 5.81. The van der Waals surface area contributed by atoms with E-state index in [0.29, 0.717) is 0 Å². The predicted octanol–water partition coefficient (Wildman–Crippen LogP) is 3.11. The van der Waals surface area contributed by atoms with Gasteiger partial charge in [0.2, 0.25) is 0 Å². The van der Waals surface area contributed by atoms with Crippen LogP contribution in [0.25, 0.3) is 0 Å². The fourth-order valence-electron chi connectivity index (χ4n) is 1.24. The van der Waals surface area contributed by atoms with Crippen LogP contribution in [0.3, 0.4) is 0 Å². The molecule has 1 atom stereocenters. The minimum Gasteiger partial charge on any atom is -0.496 e. The Morgan fingerprint density at radius 2 is 2.27 bits per heavy atom. The highest BCUT2D eigenvalue weighted by Gasteiger charge is 2.07. The second-order valence-electron chi connectivity index (χ2n) is 3.05. The Morgan fingerprint density at radius 3 is 2.80 bits per heavy atom. The molecule has 0 aliphatic rings. The first kappa shape index (κ1) is 12.7. The van der Waals surface area contributed by atoms with Gasteiger partial charge in [-0.05, 0) is 33.2 Å². The van der Waals surface area contributed by atoms with E-state index in [-0.39, 0.29) is 6.04 Å². The molecule has 0 radical (unpaired) electrons. The molecule has 1 rings (SSSR count). The molecular weight excluding hydrogens is 321 g/mol. The summed E-state index contributed by atoms with van der Waals surface area (Å²) < 4.78 is 5.27. The third-order valence-corrected chi connectivity index (χ3v) is 2.80. The standard InChI is InChI=1S/C11H12INOS/c1-8(13)10-4-3-9(5-6-15-12)7-11(10)14-2/h3-4,7-8H,13H2,1-2H3. The number of nitrogens with two attached hydrogens (primary N) is 1. The fourth-order valence-corrected chi connectivity index (χ4v) is 1.73. The van der Waals surface area contributed by atoms with Crippen molar-refractivity contribution < 1.29 is 4.74 Å². The second-order valence-corrected chi connectivity index (χ2v) is 4.73. The first-order valence-corrected chi connectivity index (χ1v) is 7.77. The zero-order chi connectivity index (χ0) is 11.3. The first-order valence-electron chi connectivity index (χ1n) is 4.41. The van der Waals surface area contributed by atoms with Crippen molar-refractivity contribution in [2.45, 2.75) is 13.0 Å². The third-order valence-electron chi connectivity index (χ3n) is 1.96.